The van der Waals surface area contributed by atoms with Gasteiger partial charge in [-0.25, -0.2) is 0 Å². The molecule has 0 amide bonds. The van der Waals surface area contributed by atoms with E-state index in [4.69, 9.17) is 0 Å². The second-order valence-electron chi connectivity index (χ2n) is 5.33. The predicted octanol–water partition coefficient (Wildman–Crippen LogP) is 3.25. The zero-order valence-electron chi connectivity index (χ0n) is 11.2. The minimum absolute atomic E-state index is 0.531. The summed E-state index contributed by atoms with van der Waals surface area (Å²) >= 11 is 3.59. The van der Waals surface area contributed by atoms with Gasteiger partial charge in [-0.3, -0.25) is 4.68 Å². The molecule has 1 aliphatic carbocycles. The van der Waals surface area contributed by atoms with Gasteiger partial charge in [0.15, 0.2) is 0 Å². The van der Waals surface area contributed by atoms with E-state index in [9.17, 15) is 0 Å². The number of rotatable bonds is 5. The molecule has 3 nitrogen and oxygen atoms in total. The average molecular weight is 300 g/mol. The highest BCUT2D eigenvalue weighted by atomic mass is 79.9. The zero-order chi connectivity index (χ0) is 12.6. The maximum absolute atomic E-state index is 4.56. The summed E-state index contributed by atoms with van der Waals surface area (Å²) in [7, 11) is 2.05. The fourth-order valence-electron chi connectivity index (χ4n) is 2.33. The van der Waals surface area contributed by atoms with Crippen LogP contribution < -0.4 is 4.90 Å². The van der Waals surface area contributed by atoms with E-state index < -0.39 is 0 Å². The summed E-state index contributed by atoms with van der Waals surface area (Å²) in [5, 5.41) is 5.44. The van der Waals surface area contributed by atoms with Crippen LogP contribution in [0.5, 0.6) is 0 Å². The predicted molar refractivity (Wildman–Crippen MR) is 75.8 cm³/mol. The summed E-state index contributed by atoms with van der Waals surface area (Å²) in [6.07, 6.45) is 2.79. The summed E-state index contributed by atoms with van der Waals surface area (Å²) in [4.78, 5) is 2.51. The fraction of sp³-hybridized carbons (Fsp3) is 0.769. The van der Waals surface area contributed by atoms with Gasteiger partial charge < -0.3 is 4.90 Å². The van der Waals surface area contributed by atoms with E-state index >= 15 is 0 Å². The first-order chi connectivity index (χ1) is 8.04. The molecule has 96 valence electrons. The Kier molecular flexibility index (Phi) is 3.81. The Morgan fingerprint density at radius 2 is 2.12 bits per heavy atom. The molecule has 4 heteroatoms. The molecule has 1 heterocycles. The van der Waals surface area contributed by atoms with Crippen molar-refractivity contribution in [3.05, 3.63) is 11.3 Å². The topological polar surface area (TPSA) is 21.1 Å². The number of nitrogens with zero attached hydrogens (tertiary/aromatic N) is 3. The largest absolute Gasteiger partial charge is 0.354 e. The SMILES string of the molecule is Cc1nn(C)c(N(CC2CC2)C(C)C)c1CBr. The van der Waals surface area contributed by atoms with Crippen molar-refractivity contribution in [1.82, 2.24) is 9.78 Å². The first kappa shape index (κ1) is 12.9. The van der Waals surface area contributed by atoms with Crippen molar-refractivity contribution >= 4 is 21.7 Å². The van der Waals surface area contributed by atoms with E-state index in [2.05, 4.69) is 53.7 Å². The number of halogens is 1. The molecule has 1 aromatic rings. The van der Waals surface area contributed by atoms with Gasteiger partial charge >= 0.3 is 0 Å². The van der Waals surface area contributed by atoms with Crippen LogP contribution in [0.2, 0.25) is 0 Å². The van der Waals surface area contributed by atoms with Crippen LogP contribution in [0.4, 0.5) is 5.82 Å². The molecule has 0 saturated heterocycles. The molecule has 0 aromatic carbocycles. The van der Waals surface area contributed by atoms with E-state index in [0.29, 0.717) is 6.04 Å². The maximum Gasteiger partial charge on any atom is 0.131 e. The monoisotopic (exact) mass is 299 g/mol. The van der Waals surface area contributed by atoms with Crippen LogP contribution in [-0.4, -0.2) is 22.4 Å². The Labute approximate surface area is 112 Å². The van der Waals surface area contributed by atoms with Crippen LogP contribution in [0.3, 0.4) is 0 Å². The summed E-state index contributed by atoms with van der Waals surface area (Å²) in [6.45, 7) is 7.80. The maximum atomic E-state index is 4.56. The van der Waals surface area contributed by atoms with Crippen molar-refractivity contribution in [2.45, 2.75) is 45.0 Å². The number of alkyl halides is 1. The second-order valence-corrected chi connectivity index (χ2v) is 5.90. The normalized spacial score (nSPS) is 15.6. The smallest absolute Gasteiger partial charge is 0.131 e. The van der Waals surface area contributed by atoms with Gasteiger partial charge in [-0.15, -0.1) is 0 Å². The molecule has 0 unspecified atom stereocenters. The number of aryl methyl sites for hydroxylation is 2. The molecule has 0 atom stereocenters. The van der Waals surface area contributed by atoms with Crippen molar-refractivity contribution < 1.29 is 0 Å². The van der Waals surface area contributed by atoms with Crippen LogP contribution in [0.25, 0.3) is 0 Å². The number of hydrogen-bond acceptors (Lipinski definition) is 2. The Morgan fingerprint density at radius 1 is 1.47 bits per heavy atom. The third kappa shape index (κ3) is 2.67. The van der Waals surface area contributed by atoms with E-state index in [1.54, 1.807) is 0 Å². The Bertz CT molecular complexity index is 394. The molecule has 1 fully saturated rings. The van der Waals surface area contributed by atoms with Crippen LogP contribution in [0.1, 0.15) is 37.9 Å². The third-order valence-corrected chi connectivity index (χ3v) is 4.05. The summed E-state index contributed by atoms with van der Waals surface area (Å²) in [5.41, 5.74) is 2.47. The van der Waals surface area contributed by atoms with Crippen molar-refractivity contribution in [3.63, 3.8) is 0 Å². The highest BCUT2D eigenvalue weighted by Crippen LogP contribution is 2.34. The number of anilines is 1. The molecule has 1 aromatic heterocycles. The van der Waals surface area contributed by atoms with Gasteiger partial charge in [-0.1, -0.05) is 15.9 Å². The molecule has 1 aliphatic rings. The lowest BCUT2D eigenvalue weighted by atomic mass is 10.2. The Balaban J connectivity index is 2.33. The fourth-order valence-corrected chi connectivity index (χ4v) is 2.98. The zero-order valence-corrected chi connectivity index (χ0v) is 12.8. The molecular formula is C13H22BrN3. The van der Waals surface area contributed by atoms with Gasteiger partial charge in [0.1, 0.15) is 5.82 Å². The average Bonchev–Trinajstić information content (AvgIpc) is 3.01. The summed E-state index contributed by atoms with van der Waals surface area (Å²) in [6, 6.07) is 0.531. The van der Waals surface area contributed by atoms with Gasteiger partial charge in [-0.2, -0.15) is 5.10 Å². The van der Waals surface area contributed by atoms with Crippen molar-refractivity contribution in [2.75, 3.05) is 11.4 Å². The van der Waals surface area contributed by atoms with Crippen LogP contribution in [-0.2, 0) is 12.4 Å². The third-order valence-electron chi connectivity index (χ3n) is 3.49. The van der Waals surface area contributed by atoms with E-state index in [1.165, 1.54) is 30.8 Å². The lowest BCUT2D eigenvalue weighted by molar-refractivity contribution is 0.608. The highest BCUT2D eigenvalue weighted by Gasteiger charge is 2.28. The van der Waals surface area contributed by atoms with E-state index in [0.717, 1.165) is 16.9 Å². The number of aromatic nitrogens is 2. The van der Waals surface area contributed by atoms with Gasteiger partial charge in [0, 0.05) is 30.5 Å². The molecule has 0 N–H and O–H groups in total. The first-order valence-electron chi connectivity index (χ1n) is 6.39. The van der Waals surface area contributed by atoms with Crippen LogP contribution in [0, 0.1) is 12.8 Å². The van der Waals surface area contributed by atoms with Crippen molar-refractivity contribution in [1.29, 1.82) is 0 Å². The minimum atomic E-state index is 0.531. The molecule has 2 rings (SSSR count). The standard InChI is InChI=1S/C13H22BrN3/c1-9(2)17(8-11-5-6-11)13-12(7-14)10(3)15-16(13)4/h9,11H,5-8H2,1-4H3. The van der Waals surface area contributed by atoms with Crippen molar-refractivity contribution in [3.8, 4) is 0 Å². The second kappa shape index (κ2) is 5.01. The molecule has 0 bridgehead atoms. The lowest BCUT2D eigenvalue weighted by Crippen LogP contribution is -2.35. The van der Waals surface area contributed by atoms with Crippen LogP contribution in [0.15, 0.2) is 0 Å². The summed E-state index contributed by atoms with van der Waals surface area (Å²) < 4.78 is 2.04. The highest BCUT2D eigenvalue weighted by molar-refractivity contribution is 9.08. The molecule has 0 spiro atoms. The van der Waals surface area contributed by atoms with Crippen molar-refractivity contribution in [2.24, 2.45) is 13.0 Å². The van der Waals surface area contributed by atoms with Gasteiger partial charge in [0.2, 0.25) is 0 Å². The van der Waals surface area contributed by atoms with E-state index in [-0.39, 0.29) is 0 Å². The quantitative estimate of drug-likeness (QED) is 0.778. The molecule has 1 saturated carbocycles. The van der Waals surface area contributed by atoms with Gasteiger partial charge in [0.25, 0.3) is 0 Å². The molecule has 17 heavy (non-hydrogen) atoms. The molecule has 0 radical (unpaired) electrons. The lowest BCUT2D eigenvalue weighted by Gasteiger charge is -2.29. The van der Waals surface area contributed by atoms with Gasteiger partial charge in [0.05, 0.1) is 5.69 Å². The van der Waals surface area contributed by atoms with Gasteiger partial charge in [-0.05, 0) is 39.5 Å². The first-order valence-corrected chi connectivity index (χ1v) is 7.51. The Hall–Kier alpha value is -0.510. The number of hydrogen-bond donors (Lipinski definition) is 0. The van der Waals surface area contributed by atoms with E-state index in [1.807, 2.05) is 4.68 Å². The minimum Gasteiger partial charge on any atom is -0.354 e. The molecular weight excluding hydrogens is 278 g/mol. The van der Waals surface area contributed by atoms with Crippen LogP contribution >= 0.6 is 15.9 Å². The molecule has 0 aliphatic heterocycles. The Morgan fingerprint density at radius 3 is 2.59 bits per heavy atom. The summed E-state index contributed by atoms with van der Waals surface area (Å²) in [5.74, 6) is 2.19.